The Hall–Kier alpha value is -2.38. The lowest BCUT2D eigenvalue weighted by Gasteiger charge is -2.28. The number of nitrogens with one attached hydrogen (secondary N) is 2. The first-order valence-electron chi connectivity index (χ1n) is 9.83. The second-order valence-electron chi connectivity index (χ2n) is 7.15. The Balaban J connectivity index is 2.99. The van der Waals surface area contributed by atoms with Gasteiger partial charge in [0, 0.05) is 13.0 Å². The first-order chi connectivity index (χ1) is 14.6. The van der Waals surface area contributed by atoms with Gasteiger partial charge in [0.05, 0.1) is 6.61 Å². The lowest BCUT2D eigenvalue weighted by molar-refractivity contribution is -0.150. The molecule has 4 unspecified atom stereocenters. The molecule has 0 aromatic carbocycles. The summed E-state index contributed by atoms with van der Waals surface area (Å²) in [4.78, 5) is 61.3. The quantitative estimate of drug-likeness (QED) is 0.177. The van der Waals surface area contributed by atoms with Crippen molar-refractivity contribution in [2.75, 3.05) is 25.2 Å². The molecule has 0 aromatic rings. The summed E-state index contributed by atoms with van der Waals surface area (Å²) >= 11 is 1.42. The predicted molar refractivity (Wildman–Crippen MR) is 111 cm³/mol. The maximum absolute atomic E-state index is 12.9. The zero-order valence-corrected chi connectivity index (χ0v) is 18.1. The monoisotopic (exact) mass is 462 g/mol. The minimum atomic E-state index is -1.26. The molecule has 1 rings (SSSR count). The molecule has 13 heteroatoms. The van der Waals surface area contributed by atoms with Crippen molar-refractivity contribution < 1.29 is 39.3 Å². The third-order valence-corrected chi connectivity index (χ3v) is 5.50. The SMILES string of the molecule is CSCCC(NC(=O)C(N)CO)C(=O)NC(CCC(=O)O)C(=O)N1CCCC1C(=O)O. The number of hydrogen-bond acceptors (Lipinski definition) is 8. The highest BCUT2D eigenvalue weighted by Gasteiger charge is 2.38. The largest absolute Gasteiger partial charge is 0.481 e. The van der Waals surface area contributed by atoms with E-state index in [1.807, 2.05) is 0 Å². The Bertz CT molecular complexity index is 677. The number of nitrogens with two attached hydrogens (primary N) is 1. The van der Waals surface area contributed by atoms with E-state index in [0.29, 0.717) is 12.2 Å². The van der Waals surface area contributed by atoms with Gasteiger partial charge in [0.25, 0.3) is 0 Å². The average molecular weight is 463 g/mol. The van der Waals surface area contributed by atoms with Crippen LogP contribution in [0.3, 0.4) is 0 Å². The minimum Gasteiger partial charge on any atom is -0.481 e. The van der Waals surface area contributed by atoms with Crippen LogP contribution in [0.4, 0.5) is 0 Å². The number of carbonyl (C=O) groups excluding carboxylic acids is 3. The van der Waals surface area contributed by atoms with E-state index < -0.39 is 66.9 Å². The van der Waals surface area contributed by atoms with Crippen molar-refractivity contribution >= 4 is 41.4 Å². The molecule has 31 heavy (non-hydrogen) atoms. The first-order valence-corrected chi connectivity index (χ1v) is 11.2. The molecule has 12 nitrogen and oxygen atoms in total. The van der Waals surface area contributed by atoms with E-state index in [9.17, 15) is 29.1 Å². The number of aliphatic hydroxyl groups excluding tert-OH is 1. The summed E-state index contributed by atoms with van der Waals surface area (Å²) in [5.41, 5.74) is 5.47. The van der Waals surface area contributed by atoms with Crippen molar-refractivity contribution in [3.05, 3.63) is 0 Å². The van der Waals surface area contributed by atoms with Gasteiger partial charge in [-0.2, -0.15) is 11.8 Å². The van der Waals surface area contributed by atoms with Gasteiger partial charge in [-0.3, -0.25) is 19.2 Å². The number of carboxylic acids is 2. The fourth-order valence-corrected chi connectivity index (χ4v) is 3.62. The van der Waals surface area contributed by atoms with Crippen molar-refractivity contribution in [1.29, 1.82) is 0 Å². The third kappa shape index (κ3) is 8.34. The van der Waals surface area contributed by atoms with Crippen LogP contribution in [0, 0.1) is 0 Å². The maximum Gasteiger partial charge on any atom is 0.326 e. The summed E-state index contributed by atoms with van der Waals surface area (Å²) < 4.78 is 0. The molecule has 1 fully saturated rings. The summed E-state index contributed by atoms with van der Waals surface area (Å²) in [5, 5.41) is 32.2. The van der Waals surface area contributed by atoms with Gasteiger partial charge in [0.15, 0.2) is 0 Å². The van der Waals surface area contributed by atoms with E-state index in [0.717, 1.165) is 4.90 Å². The third-order valence-electron chi connectivity index (χ3n) is 4.86. The Morgan fingerprint density at radius 1 is 1.10 bits per heavy atom. The van der Waals surface area contributed by atoms with E-state index in [1.165, 1.54) is 11.8 Å². The normalized spacial score (nSPS) is 18.7. The van der Waals surface area contributed by atoms with Gasteiger partial charge in [-0.15, -0.1) is 0 Å². The second kappa shape index (κ2) is 13.1. The summed E-state index contributed by atoms with van der Waals surface area (Å²) in [6.07, 6.45) is 2.11. The highest BCUT2D eigenvalue weighted by atomic mass is 32.2. The highest BCUT2D eigenvalue weighted by Crippen LogP contribution is 2.19. The van der Waals surface area contributed by atoms with Crippen molar-refractivity contribution in [2.45, 2.75) is 56.3 Å². The van der Waals surface area contributed by atoms with Crippen LogP contribution in [0.5, 0.6) is 0 Å². The van der Waals surface area contributed by atoms with Crippen molar-refractivity contribution in [3.8, 4) is 0 Å². The predicted octanol–water partition coefficient (Wildman–Crippen LogP) is -2.03. The van der Waals surface area contributed by atoms with Crippen LogP contribution >= 0.6 is 11.8 Å². The minimum absolute atomic E-state index is 0.188. The smallest absolute Gasteiger partial charge is 0.326 e. The summed E-state index contributed by atoms with van der Waals surface area (Å²) in [5.74, 6) is -4.00. The van der Waals surface area contributed by atoms with Crippen molar-refractivity contribution in [3.63, 3.8) is 0 Å². The molecule has 4 atom stereocenters. The average Bonchev–Trinajstić information content (AvgIpc) is 3.22. The molecule has 3 amide bonds. The van der Waals surface area contributed by atoms with Crippen molar-refractivity contribution in [1.82, 2.24) is 15.5 Å². The molecule has 1 aliphatic rings. The zero-order valence-electron chi connectivity index (χ0n) is 17.3. The molecule has 1 saturated heterocycles. The Morgan fingerprint density at radius 2 is 1.74 bits per heavy atom. The fourth-order valence-electron chi connectivity index (χ4n) is 3.15. The van der Waals surface area contributed by atoms with Gasteiger partial charge in [0.2, 0.25) is 17.7 Å². The summed E-state index contributed by atoms with van der Waals surface area (Å²) in [6.45, 7) is -0.429. The van der Waals surface area contributed by atoms with Gasteiger partial charge in [-0.05, 0) is 37.7 Å². The van der Waals surface area contributed by atoms with E-state index >= 15 is 0 Å². The summed E-state index contributed by atoms with van der Waals surface area (Å²) in [6, 6.07) is -4.59. The van der Waals surface area contributed by atoms with Gasteiger partial charge in [0.1, 0.15) is 24.2 Å². The summed E-state index contributed by atoms with van der Waals surface area (Å²) in [7, 11) is 0. The molecule has 0 aliphatic carbocycles. The van der Waals surface area contributed by atoms with E-state index in [1.54, 1.807) is 6.26 Å². The fraction of sp³-hybridized carbons (Fsp3) is 0.722. The van der Waals surface area contributed by atoms with Crippen LogP contribution in [0.25, 0.3) is 0 Å². The lowest BCUT2D eigenvalue weighted by atomic mass is 10.1. The lowest BCUT2D eigenvalue weighted by Crippen LogP contribution is -2.57. The molecule has 1 aliphatic heterocycles. The number of aliphatic carboxylic acids is 2. The molecule has 0 spiro atoms. The van der Waals surface area contributed by atoms with Crippen LogP contribution in [0.2, 0.25) is 0 Å². The Kier molecular flexibility index (Phi) is 11.3. The van der Waals surface area contributed by atoms with Crippen LogP contribution in [0.15, 0.2) is 0 Å². The standard InChI is InChI=1S/C18H30N4O8S/c1-31-8-6-11(20-15(26)10(19)9-23)16(27)21-12(4-5-14(24)25)17(28)22-7-2-3-13(22)18(29)30/h10-13,23H,2-9,19H2,1H3,(H,20,26)(H,21,27)(H,24,25)(H,29,30). The number of aliphatic hydroxyl groups is 1. The molecule has 0 bridgehead atoms. The number of likely N-dealkylation sites (tertiary alicyclic amines) is 1. The van der Waals surface area contributed by atoms with Gasteiger partial charge in [-0.1, -0.05) is 0 Å². The number of hydrogen-bond donors (Lipinski definition) is 6. The first kappa shape index (κ1) is 26.7. The number of carboxylic acid groups (broad SMARTS) is 2. The van der Waals surface area contributed by atoms with Crippen molar-refractivity contribution in [2.24, 2.45) is 5.73 Å². The number of carbonyl (C=O) groups is 5. The topological polar surface area (TPSA) is 199 Å². The molecule has 7 N–H and O–H groups in total. The molecule has 0 radical (unpaired) electrons. The molecule has 1 heterocycles. The van der Waals surface area contributed by atoms with Crippen LogP contribution in [-0.4, -0.2) is 99.2 Å². The van der Waals surface area contributed by atoms with E-state index in [2.05, 4.69) is 10.6 Å². The molecular formula is C18H30N4O8S. The molecular weight excluding hydrogens is 432 g/mol. The zero-order chi connectivity index (χ0) is 23.6. The van der Waals surface area contributed by atoms with Gasteiger partial charge in [-0.25, -0.2) is 4.79 Å². The number of rotatable bonds is 13. The van der Waals surface area contributed by atoms with E-state index in [4.69, 9.17) is 15.9 Å². The maximum atomic E-state index is 12.9. The number of amides is 3. The van der Waals surface area contributed by atoms with Gasteiger partial charge >= 0.3 is 11.9 Å². The second-order valence-corrected chi connectivity index (χ2v) is 8.14. The van der Waals surface area contributed by atoms with Crippen LogP contribution in [-0.2, 0) is 24.0 Å². The van der Waals surface area contributed by atoms with E-state index in [-0.39, 0.29) is 25.8 Å². The molecule has 0 saturated carbocycles. The van der Waals surface area contributed by atoms with Gasteiger partial charge < -0.3 is 36.6 Å². The van der Waals surface area contributed by atoms with Crippen LogP contribution < -0.4 is 16.4 Å². The number of thioether (sulfide) groups is 1. The van der Waals surface area contributed by atoms with Crippen LogP contribution in [0.1, 0.15) is 32.1 Å². The molecule has 176 valence electrons. The highest BCUT2D eigenvalue weighted by molar-refractivity contribution is 7.98. The Morgan fingerprint density at radius 3 is 2.29 bits per heavy atom. The number of nitrogens with zero attached hydrogens (tertiary/aromatic N) is 1. The Labute approximate surface area is 183 Å². The molecule has 0 aromatic heterocycles.